The molecule has 0 radical (unpaired) electrons. The van der Waals surface area contributed by atoms with Gasteiger partial charge in [-0.2, -0.15) is 17.4 Å². The molecule has 1 fully saturated rings. The monoisotopic (exact) mass is 374 g/mol. The summed E-state index contributed by atoms with van der Waals surface area (Å²) in [5.74, 6) is 0. The molecule has 3 rings (SSSR count). The molecule has 5 nitrogen and oxygen atoms in total. The molecule has 1 atom stereocenters. The van der Waals surface area contributed by atoms with Crippen LogP contribution in [0.4, 0.5) is 0 Å². The Labute approximate surface area is 145 Å². The van der Waals surface area contributed by atoms with Gasteiger partial charge < -0.3 is 4.74 Å². The van der Waals surface area contributed by atoms with E-state index in [9.17, 15) is 8.42 Å². The lowest BCUT2D eigenvalue weighted by Crippen LogP contribution is -2.44. The number of nitrogens with zero attached hydrogens (tertiary/aromatic N) is 1. The summed E-state index contributed by atoms with van der Waals surface area (Å²) in [7, 11) is -1.94. The van der Waals surface area contributed by atoms with Crippen LogP contribution in [-0.2, 0) is 21.5 Å². The molecule has 1 saturated heterocycles. The predicted molar refractivity (Wildman–Crippen MR) is 94.2 cm³/mol. The minimum atomic E-state index is -3.53. The second kappa shape index (κ2) is 7.04. The minimum absolute atomic E-state index is 0.0876. The number of fused-ring (bicyclic) bond motifs is 1. The summed E-state index contributed by atoms with van der Waals surface area (Å²) >= 11 is 7.88. The molecule has 0 aliphatic carbocycles. The van der Waals surface area contributed by atoms with E-state index in [1.807, 2.05) is 24.3 Å². The van der Waals surface area contributed by atoms with E-state index in [1.165, 1.54) is 15.6 Å². The van der Waals surface area contributed by atoms with Gasteiger partial charge in [-0.3, -0.25) is 0 Å². The molecule has 0 bridgehead atoms. The van der Waals surface area contributed by atoms with Crippen LogP contribution in [0.3, 0.4) is 0 Å². The Morgan fingerprint density at radius 1 is 1.43 bits per heavy atom. The number of hydrogen-bond acceptors (Lipinski definition) is 4. The SMILES string of the molecule is COC[C@H]1CCCN1S(=O)(=O)NCc1sc2ccccc2c1Cl. The Bertz CT molecular complexity index is 791. The van der Waals surface area contributed by atoms with Crippen LogP contribution >= 0.6 is 22.9 Å². The average molecular weight is 375 g/mol. The molecule has 0 unspecified atom stereocenters. The summed E-state index contributed by atoms with van der Waals surface area (Å²) in [6.45, 7) is 1.16. The molecule has 1 aliphatic heterocycles. The number of rotatable bonds is 6. The van der Waals surface area contributed by atoms with E-state index in [2.05, 4.69) is 4.72 Å². The second-order valence-corrected chi connectivity index (χ2v) is 8.75. The second-order valence-electron chi connectivity index (χ2n) is 5.52. The van der Waals surface area contributed by atoms with Crippen LogP contribution in [0.1, 0.15) is 17.7 Å². The lowest BCUT2D eigenvalue weighted by molar-refractivity contribution is 0.148. The molecule has 0 amide bonds. The zero-order valence-corrected chi connectivity index (χ0v) is 15.2. The van der Waals surface area contributed by atoms with Crippen molar-refractivity contribution in [3.05, 3.63) is 34.2 Å². The van der Waals surface area contributed by atoms with Gasteiger partial charge in [-0.05, 0) is 18.9 Å². The molecule has 1 aliphatic rings. The molecule has 0 spiro atoms. The molecule has 2 heterocycles. The van der Waals surface area contributed by atoms with Crippen molar-refractivity contribution in [2.45, 2.75) is 25.4 Å². The maximum atomic E-state index is 12.5. The quantitative estimate of drug-likeness (QED) is 0.845. The first-order chi connectivity index (χ1) is 11.0. The summed E-state index contributed by atoms with van der Waals surface area (Å²) in [4.78, 5) is 0.832. The van der Waals surface area contributed by atoms with E-state index in [1.54, 1.807) is 7.11 Å². The van der Waals surface area contributed by atoms with Gasteiger partial charge >= 0.3 is 0 Å². The first kappa shape index (κ1) is 17.1. The van der Waals surface area contributed by atoms with E-state index in [0.717, 1.165) is 27.8 Å². The van der Waals surface area contributed by atoms with Crippen molar-refractivity contribution < 1.29 is 13.2 Å². The molecule has 1 aromatic heterocycles. The van der Waals surface area contributed by atoms with Crippen molar-refractivity contribution in [1.82, 2.24) is 9.03 Å². The van der Waals surface area contributed by atoms with Gasteiger partial charge in [0.1, 0.15) is 0 Å². The van der Waals surface area contributed by atoms with Crippen molar-refractivity contribution in [2.75, 3.05) is 20.3 Å². The maximum Gasteiger partial charge on any atom is 0.280 e. The van der Waals surface area contributed by atoms with Crippen LogP contribution in [0.25, 0.3) is 10.1 Å². The van der Waals surface area contributed by atoms with Gasteiger partial charge in [0.05, 0.1) is 11.6 Å². The number of nitrogens with one attached hydrogen (secondary N) is 1. The molecule has 1 N–H and O–H groups in total. The van der Waals surface area contributed by atoms with Crippen molar-refractivity contribution in [1.29, 1.82) is 0 Å². The smallest absolute Gasteiger partial charge is 0.280 e. The molecule has 126 valence electrons. The van der Waals surface area contributed by atoms with Crippen LogP contribution < -0.4 is 4.72 Å². The van der Waals surface area contributed by atoms with Crippen molar-refractivity contribution in [3.8, 4) is 0 Å². The average Bonchev–Trinajstić information content (AvgIpc) is 3.12. The fraction of sp³-hybridized carbons (Fsp3) is 0.467. The van der Waals surface area contributed by atoms with E-state index >= 15 is 0 Å². The highest BCUT2D eigenvalue weighted by Gasteiger charge is 2.34. The fourth-order valence-electron chi connectivity index (χ4n) is 2.90. The number of methoxy groups -OCH3 is 1. The minimum Gasteiger partial charge on any atom is -0.383 e. The summed E-state index contributed by atoms with van der Waals surface area (Å²) in [6.07, 6.45) is 1.69. The van der Waals surface area contributed by atoms with Gasteiger partial charge in [0.2, 0.25) is 0 Å². The summed E-state index contributed by atoms with van der Waals surface area (Å²) in [6, 6.07) is 7.72. The zero-order chi connectivity index (χ0) is 16.4. The van der Waals surface area contributed by atoms with Gasteiger partial charge in [0.25, 0.3) is 10.2 Å². The van der Waals surface area contributed by atoms with Crippen LogP contribution in [0.15, 0.2) is 24.3 Å². The van der Waals surface area contributed by atoms with Crippen molar-refractivity contribution in [3.63, 3.8) is 0 Å². The molecular formula is C15H19ClN2O3S2. The Kier molecular flexibility index (Phi) is 5.25. The first-order valence-electron chi connectivity index (χ1n) is 7.44. The lowest BCUT2D eigenvalue weighted by Gasteiger charge is -2.23. The third-order valence-corrected chi connectivity index (χ3v) is 7.33. The predicted octanol–water partition coefficient (Wildman–Crippen LogP) is 3.00. The van der Waals surface area contributed by atoms with Crippen LogP contribution in [0.2, 0.25) is 5.02 Å². The van der Waals surface area contributed by atoms with Crippen molar-refractivity contribution in [2.24, 2.45) is 0 Å². The van der Waals surface area contributed by atoms with Gasteiger partial charge in [0, 0.05) is 41.2 Å². The van der Waals surface area contributed by atoms with Crippen LogP contribution in [0, 0.1) is 0 Å². The number of benzene rings is 1. The van der Waals surface area contributed by atoms with Gasteiger partial charge in [-0.15, -0.1) is 11.3 Å². The maximum absolute atomic E-state index is 12.5. The van der Waals surface area contributed by atoms with E-state index < -0.39 is 10.2 Å². The number of halogens is 1. The normalized spacial score (nSPS) is 19.7. The highest BCUT2D eigenvalue weighted by atomic mass is 35.5. The third kappa shape index (κ3) is 3.55. The largest absolute Gasteiger partial charge is 0.383 e. The Morgan fingerprint density at radius 2 is 2.22 bits per heavy atom. The third-order valence-electron chi connectivity index (χ3n) is 4.01. The number of thiophene rings is 1. The lowest BCUT2D eigenvalue weighted by atomic mass is 10.2. The summed E-state index contributed by atoms with van der Waals surface area (Å²) < 4.78 is 35.4. The molecule has 23 heavy (non-hydrogen) atoms. The number of hydrogen-bond donors (Lipinski definition) is 1. The highest BCUT2D eigenvalue weighted by Crippen LogP contribution is 2.35. The van der Waals surface area contributed by atoms with E-state index in [4.69, 9.17) is 16.3 Å². The van der Waals surface area contributed by atoms with Gasteiger partial charge in [-0.25, -0.2) is 0 Å². The number of ether oxygens (including phenoxy) is 1. The molecule has 2 aromatic rings. The molecular weight excluding hydrogens is 356 g/mol. The standard InChI is InChI=1S/C15H19ClN2O3S2/c1-21-10-11-5-4-8-18(11)23(19,20)17-9-14-15(16)12-6-2-3-7-13(12)22-14/h2-3,6-7,11,17H,4-5,8-10H2,1H3/t11-/m1/s1. The molecule has 1 aromatic carbocycles. The highest BCUT2D eigenvalue weighted by molar-refractivity contribution is 7.87. The van der Waals surface area contributed by atoms with Crippen molar-refractivity contribution >= 4 is 43.2 Å². The summed E-state index contributed by atoms with van der Waals surface area (Å²) in [5, 5.41) is 1.59. The first-order valence-corrected chi connectivity index (χ1v) is 10.1. The molecule has 8 heteroatoms. The molecule has 0 saturated carbocycles. The Morgan fingerprint density at radius 3 is 2.96 bits per heavy atom. The van der Waals surface area contributed by atoms with E-state index in [0.29, 0.717) is 18.2 Å². The summed E-state index contributed by atoms with van der Waals surface area (Å²) in [5.41, 5.74) is 0. The Hall–Kier alpha value is -0.700. The van der Waals surface area contributed by atoms with Crippen LogP contribution in [-0.4, -0.2) is 39.0 Å². The van der Waals surface area contributed by atoms with E-state index in [-0.39, 0.29) is 12.6 Å². The topological polar surface area (TPSA) is 58.6 Å². The fourth-order valence-corrected chi connectivity index (χ4v) is 5.85. The van der Waals surface area contributed by atoms with Gasteiger partial charge in [0.15, 0.2) is 0 Å². The Balaban J connectivity index is 1.74. The van der Waals surface area contributed by atoms with Crippen LogP contribution in [0.5, 0.6) is 0 Å². The van der Waals surface area contributed by atoms with Gasteiger partial charge in [-0.1, -0.05) is 29.8 Å². The zero-order valence-electron chi connectivity index (χ0n) is 12.8.